The molecule has 38 heavy (non-hydrogen) atoms. The summed E-state index contributed by atoms with van der Waals surface area (Å²) < 4.78 is 31.5. The summed E-state index contributed by atoms with van der Waals surface area (Å²) in [6.45, 7) is 5.25. The molecular formula is C28H35FN2O7. The highest BCUT2D eigenvalue weighted by atomic mass is 19.1. The molecule has 2 aromatic rings. The number of methoxy groups -OCH3 is 1. The molecule has 0 aromatic heterocycles. The molecule has 0 aliphatic carbocycles. The second kappa shape index (κ2) is 10.8. The molecule has 0 unspecified atom stereocenters. The van der Waals surface area contributed by atoms with E-state index in [9.17, 15) is 19.8 Å². The van der Waals surface area contributed by atoms with Crippen LogP contribution in [0.25, 0.3) is 0 Å². The van der Waals surface area contributed by atoms with Crippen molar-refractivity contribution in [1.82, 2.24) is 4.90 Å². The molecule has 0 radical (unpaired) electrons. The van der Waals surface area contributed by atoms with Gasteiger partial charge in [-0.1, -0.05) is 12.1 Å². The Morgan fingerprint density at radius 2 is 1.87 bits per heavy atom. The fourth-order valence-corrected chi connectivity index (χ4v) is 4.66. The Hall–Kier alpha value is -3.37. The molecule has 9 nitrogen and oxygen atoms in total. The van der Waals surface area contributed by atoms with E-state index >= 15 is 4.39 Å². The first-order valence-electron chi connectivity index (χ1n) is 12.7. The van der Waals surface area contributed by atoms with Crippen LogP contribution >= 0.6 is 0 Å². The lowest BCUT2D eigenvalue weighted by atomic mass is 9.89. The Balaban J connectivity index is 1.48. The molecule has 1 saturated heterocycles. The van der Waals surface area contributed by atoms with Crippen LogP contribution < -0.4 is 14.4 Å². The summed E-state index contributed by atoms with van der Waals surface area (Å²) in [6, 6.07) is 9.90. The van der Waals surface area contributed by atoms with Gasteiger partial charge in [0.25, 0.3) is 0 Å². The Bertz CT molecular complexity index is 1180. The van der Waals surface area contributed by atoms with Crippen LogP contribution in [0, 0.1) is 5.82 Å². The number of hydrogen-bond donors (Lipinski definition) is 2. The van der Waals surface area contributed by atoms with E-state index in [1.54, 1.807) is 40.0 Å². The molecule has 2 N–H and O–H groups in total. The zero-order valence-corrected chi connectivity index (χ0v) is 22.2. The number of aliphatic hydroxyl groups excluding tert-OH is 1. The maximum absolute atomic E-state index is 15.1. The second-order valence-corrected chi connectivity index (χ2v) is 10.8. The molecule has 2 atom stereocenters. The van der Waals surface area contributed by atoms with E-state index < -0.39 is 29.2 Å². The van der Waals surface area contributed by atoms with Gasteiger partial charge in [-0.05, 0) is 63.4 Å². The van der Waals surface area contributed by atoms with Gasteiger partial charge in [-0.3, -0.25) is 4.79 Å². The predicted octanol–water partition coefficient (Wildman–Crippen LogP) is 3.43. The summed E-state index contributed by atoms with van der Waals surface area (Å²) in [5.41, 5.74) is -0.799. The second-order valence-electron chi connectivity index (χ2n) is 10.8. The van der Waals surface area contributed by atoms with Crippen LogP contribution in [0.15, 0.2) is 36.4 Å². The van der Waals surface area contributed by atoms with Gasteiger partial charge in [-0.15, -0.1) is 0 Å². The van der Waals surface area contributed by atoms with Crippen LogP contribution in [-0.2, 0) is 22.5 Å². The molecule has 0 spiro atoms. The van der Waals surface area contributed by atoms with E-state index in [1.165, 1.54) is 21.9 Å². The number of carbonyl (C=O) groups is 2. The quantitative estimate of drug-likeness (QED) is 0.589. The smallest absolute Gasteiger partial charge is 0.410 e. The molecule has 206 valence electrons. The van der Waals surface area contributed by atoms with Crippen LogP contribution in [0.3, 0.4) is 0 Å². The molecule has 0 saturated carbocycles. The Labute approximate surface area is 221 Å². The maximum atomic E-state index is 15.1. The van der Waals surface area contributed by atoms with Crippen molar-refractivity contribution in [2.75, 3.05) is 31.7 Å². The summed E-state index contributed by atoms with van der Waals surface area (Å²) >= 11 is 0. The van der Waals surface area contributed by atoms with Crippen molar-refractivity contribution < 1.29 is 38.4 Å². The van der Waals surface area contributed by atoms with Crippen molar-refractivity contribution in [3.63, 3.8) is 0 Å². The summed E-state index contributed by atoms with van der Waals surface area (Å²) in [7, 11) is 1.57. The number of amides is 2. The molecule has 0 bridgehead atoms. The zero-order chi connectivity index (χ0) is 27.7. The van der Waals surface area contributed by atoms with E-state index in [0.29, 0.717) is 17.1 Å². The van der Waals surface area contributed by atoms with Gasteiger partial charge in [-0.2, -0.15) is 0 Å². The van der Waals surface area contributed by atoms with Gasteiger partial charge in [0.15, 0.2) is 0 Å². The maximum Gasteiger partial charge on any atom is 0.410 e. The van der Waals surface area contributed by atoms with E-state index in [2.05, 4.69) is 0 Å². The fourth-order valence-electron chi connectivity index (χ4n) is 4.66. The van der Waals surface area contributed by atoms with Crippen molar-refractivity contribution in [2.24, 2.45) is 0 Å². The first-order valence-corrected chi connectivity index (χ1v) is 12.7. The van der Waals surface area contributed by atoms with E-state index in [0.717, 1.165) is 5.56 Å². The minimum atomic E-state index is -1.62. The first-order chi connectivity index (χ1) is 17.9. The van der Waals surface area contributed by atoms with Gasteiger partial charge in [0.05, 0.1) is 25.9 Å². The number of carbonyl (C=O) groups excluding carboxylic acids is 2. The number of nitrogens with zero attached hydrogens (tertiary/aromatic N) is 2. The molecule has 10 heteroatoms. The standard InChI is InChI=1S/C28H35FN2O7/c1-27(2,3)38-26(34)30-14-13-28(35,23(32)16-30)17-37-22-11-10-21(29)25-20(22)9-12-24(33)31(25)15-18-5-7-19(36-4)8-6-18/h5-8,10-11,23,32,35H,9,12-17H2,1-4H3/t23-,28-/m1/s1. The van der Waals surface area contributed by atoms with Gasteiger partial charge in [0.2, 0.25) is 5.91 Å². The normalized spacial score (nSPS) is 21.7. The number of aliphatic hydroxyl groups is 2. The molecular weight excluding hydrogens is 495 g/mol. The number of piperidine rings is 1. The number of anilines is 1. The highest BCUT2D eigenvalue weighted by molar-refractivity contribution is 5.97. The average Bonchev–Trinajstić information content (AvgIpc) is 2.86. The van der Waals surface area contributed by atoms with Crippen molar-refractivity contribution in [3.8, 4) is 11.5 Å². The van der Waals surface area contributed by atoms with Crippen molar-refractivity contribution in [3.05, 3.63) is 53.3 Å². The predicted molar refractivity (Wildman–Crippen MR) is 138 cm³/mol. The lowest BCUT2D eigenvalue weighted by Gasteiger charge is -2.42. The summed E-state index contributed by atoms with van der Waals surface area (Å²) in [5, 5.41) is 21.8. The van der Waals surface area contributed by atoms with Gasteiger partial charge in [-0.25, -0.2) is 9.18 Å². The topological polar surface area (TPSA) is 109 Å². The average molecular weight is 531 g/mol. The van der Waals surface area contributed by atoms with Crippen LogP contribution in [0.5, 0.6) is 11.5 Å². The van der Waals surface area contributed by atoms with Crippen LogP contribution in [-0.4, -0.2) is 71.2 Å². The molecule has 2 aromatic carbocycles. The number of halogens is 1. The number of benzene rings is 2. The number of β-amino-alcohol motifs (C(OH)–C–C–N with tert-alkyl or cyclic N) is 1. The minimum absolute atomic E-state index is 0.0683. The molecule has 1 fully saturated rings. The van der Waals surface area contributed by atoms with E-state index in [1.807, 2.05) is 12.1 Å². The van der Waals surface area contributed by atoms with Crippen LogP contribution in [0.1, 0.15) is 44.7 Å². The summed E-state index contributed by atoms with van der Waals surface area (Å²) in [5.74, 6) is 0.271. The number of likely N-dealkylation sites (tertiary alicyclic amines) is 1. The molecule has 2 heterocycles. The third-order valence-corrected chi connectivity index (χ3v) is 6.81. The first kappa shape index (κ1) is 27.7. The number of rotatable bonds is 6. The van der Waals surface area contributed by atoms with Crippen LogP contribution in [0.4, 0.5) is 14.9 Å². The lowest BCUT2D eigenvalue weighted by molar-refractivity contribution is -0.135. The fraction of sp³-hybridized carbons (Fsp3) is 0.500. The van der Waals surface area contributed by atoms with Gasteiger partial charge < -0.3 is 34.2 Å². The van der Waals surface area contributed by atoms with E-state index in [4.69, 9.17) is 14.2 Å². The number of hydrogen-bond acceptors (Lipinski definition) is 7. The zero-order valence-electron chi connectivity index (χ0n) is 22.2. The third-order valence-electron chi connectivity index (χ3n) is 6.81. The molecule has 2 aliphatic rings. The molecule has 2 amide bonds. The lowest BCUT2D eigenvalue weighted by Crippen LogP contribution is -2.59. The number of fused-ring (bicyclic) bond motifs is 1. The summed E-state index contributed by atoms with van der Waals surface area (Å²) in [6.07, 6.45) is -1.30. The van der Waals surface area contributed by atoms with Crippen molar-refractivity contribution >= 4 is 17.7 Å². The van der Waals surface area contributed by atoms with Crippen molar-refractivity contribution in [1.29, 1.82) is 0 Å². The highest BCUT2D eigenvalue weighted by Gasteiger charge is 2.44. The monoisotopic (exact) mass is 530 g/mol. The van der Waals surface area contributed by atoms with Gasteiger partial charge in [0.1, 0.15) is 41.2 Å². The number of ether oxygens (including phenoxy) is 3. The van der Waals surface area contributed by atoms with E-state index in [-0.39, 0.29) is 57.1 Å². The largest absolute Gasteiger partial charge is 0.497 e. The SMILES string of the molecule is COc1ccc(CN2C(=O)CCc3c(OC[C@]4(O)CCN(C(=O)OC(C)(C)C)C[C@H]4O)ccc(F)c32)cc1. The Morgan fingerprint density at radius 1 is 1.16 bits per heavy atom. The molecule has 4 rings (SSSR count). The highest BCUT2D eigenvalue weighted by Crippen LogP contribution is 2.39. The third kappa shape index (κ3) is 6.02. The van der Waals surface area contributed by atoms with Gasteiger partial charge >= 0.3 is 6.09 Å². The Morgan fingerprint density at radius 3 is 2.50 bits per heavy atom. The van der Waals surface area contributed by atoms with Crippen molar-refractivity contribution in [2.45, 2.75) is 63.9 Å². The van der Waals surface area contributed by atoms with Crippen LogP contribution in [0.2, 0.25) is 0 Å². The summed E-state index contributed by atoms with van der Waals surface area (Å²) in [4.78, 5) is 27.9. The Kier molecular flexibility index (Phi) is 7.85. The molecule has 2 aliphatic heterocycles. The minimum Gasteiger partial charge on any atom is -0.497 e. The van der Waals surface area contributed by atoms with Gasteiger partial charge in [0, 0.05) is 18.5 Å².